The summed E-state index contributed by atoms with van der Waals surface area (Å²) in [5.74, 6) is 0.420. The van der Waals surface area contributed by atoms with Crippen LogP contribution in [0.3, 0.4) is 0 Å². The largest absolute Gasteiger partial charge is 0.449 e. The number of aromatic amines is 1. The van der Waals surface area contributed by atoms with E-state index in [4.69, 9.17) is 16.3 Å². The molecule has 1 fully saturated rings. The number of likely N-dealkylation sites (tertiary alicyclic amines) is 1. The third-order valence-electron chi connectivity index (χ3n) is 5.36. The van der Waals surface area contributed by atoms with E-state index in [9.17, 15) is 9.18 Å². The fourth-order valence-electron chi connectivity index (χ4n) is 3.75. The topological polar surface area (TPSA) is 96.0 Å². The number of rotatable bonds is 6. The van der Waals surface area contributed by atoms with E-state index < -0.39 is 5.82 Å². The molecular weight excluding hydrogens is 435 g/mol. The molecule has 1 aliphatic rings. The maximum atomic E-state index is 14.4. The minimum absolute atomic E-state index is 0.124. The van der Waals surface area contributed by atoms with E-state index in [-0.39, 0.29) is 17.8 Å². The monoisotopic (exact) mass is 460 g/mol. The molecule has 0 unspecified atom stereocenters. The lowest BCUT2D eigenvalue weighted by molar-refractivity contribution is 0.0772. The number of fused-ring (bicyclic) bond motifs is 1. The molecule has 0 radical (unpaired) electrons. The number of nitrogens with one attached hydrogen (secondary N) is 2. The Labute approximate surface area is 190 Å². The SMILES string of the molecule is CC(C)COC(=O)N1CCC[C@@H](CNc2nc(-c3c[nH]c4ncc(Cl)cc34)ncc2F)C1. The number of nitrogens with zero attached hydrogens (tertiary/aromatic N) is 4. The Balaban J connectivity index is 1.43. The van der Waals surface area contributed by atoms with E-state index in [1.807, 2.05) is 13.8 Å². The third kappa shape index (κ3) is 5.09. The van der Waals surface area contributed by atoms with Crippen molar-refractivity contribution in [3.05, 3.63) is 35.5 Å². The quantitative estimate of drug-likeness (QED) is 0.552. The van der Waals surface area contributed by atoms with Crippen molar-refractivity contribution in [3.63, 3.8) is 0 Å². The highest BCUT2D eigenvalue weighted by Gasteiger charge is 2.25. The van der Waals surface area contributed by atoms with Crippen molar-refractivity contribution in [1.29, 1.82) is 0 Å². The smallest absolute Gasteiger partial charge is 0.409 e. The Morgan fingerprint density at radius 1 is 1.41 bits per heavy atom. The summed E-state index contributed by atoms with van der Waals surface area (Å²) in [6.07, 6.45) is 5.96. The first-order chi connectivity index (χ1) is 15.4. The summed E-state index contributed by atoms with van der Waals surface area (Å²) >= 11 is 6.07. The number of ether oxygens (including phenoxy) is 1. The normalized spacial score (nSPS) is 16.5. The number of halogens is 2. The molecule has 1 amide bonds. The summed E-state index contributed by atoms with van der Waals surface area (Å²) in [6.45, 7) is 6.14. The van der Waals surface area contributed by atoms with Crippen LogP contribution in [0.4, 0.5) is 15.0 Å². The van der Waals surface area contributed by atoms with Gasteiger partial charge in [-0.05, 0) is 30.7 Å². The van der Waals surface area contributed by atoms with Crippen molar-refractivity contribution in [3.8, 4) is 11.4 Å². The van der Waals surface area contributed by atoms with Crippen LogP contribution in [-0.2, 0) is 4.74 Å². The maximum Gasteiger partial charge on any atom is 0.409 e. The van der Waals surface area contributed by atoms with Crippen molar-refractivity contribution in [1.82, 2.24) is 24.8 Å². The minimum Gasteiger partial charge on any atom is -0.449 e. The molecule has 1 atom stereocenters. The summed E-state index contributed by atoms with van der Waals surface area (Å²) in [5, 5.41) is 4.35. The van der Waals surface area contributed by atoms with Gasteiger partial charge in [-0.3, -0.25) is 0 Å². The highest BCUT2D eigenvalue weighted by Crippen LogP contribution is 2.28. The van der Waals surface area contributed by atoms with E-state index in [0.29, 0.717) is 54.2 Å². The standard InChI is InChI=1S/C22H26ClFN6O2/c1-13(2)12-32-22(31)30-5-3-4-14(11-30)7-25-21-18(24)10-28-20(29-21)17-9-27-19-16(17)6-15(23)8-26-19/h6,8-10,13-14H,3-5,7,11-12H2,1-2H3,(H,26,27)(H,25,28,29)/t14-/m0/s1. The number of hydrogen-bond donors (Lipinski definition) is 2. The van der Waals surface area contributed by atoms with Gasteiger partial charge in [0.1, 0.15) is 5.65 Å². The zero-order valence-electron chi connectivity index (χ0n) is 18.1. The first-order valence-electron chi connectivity index (χ1n) is 10.7. The summed E-state index contributed by atoms with van der Waals surface area (Å²) < 4.78 is 19.8. The molecule has 0 aliphatic carbocycles. The lowest BCUT2D eigenvalue weighted by Gasteiger charge is -2.32. The molecular formula is C22H26ClFN6O2. The fourth-order valence-corrected chi connectivity index (χ4v) is 3.91. The molecule has 170 valence electrons. The summed E-state index contributed by atoms with van der Waals surface area (Å²) in [7, 11) is 0. The molecule has 10 heteroatoms. The number of carbonyl (C=O) groups is 1. The number of hydrogen-bond acceptors (Lipinski definition) is 6. The van der Waals surface area contributed by atoms with Crippen LogP contribution in [0.1, 0.15) is 26.7 Å². The number of anilines is 1. The number of piperidine rings is 1. The summed E-state index contributed by atoms with van der Waals surface area (Å²) in [5.41, 5.74) is 1.34. The van der Waals surface area contributed by atoms with Crippen LogP contribution in [-0.4, -0.2) is 57.2 Å². The van der Waals surface area contributed by atoms with Crippen molar-refractivity contribution in [2.45, 2.75) is 26.7 Å². The fraction of sp³-hybridized carbons (Fsp3) is 0.455. The molecule has 3 aromatic rings. The van der Waals surface area contributed by atoms with Crippen LogP contribution in [0.25, 0.3) is 22.4 Å². The van der Waals surface area contributed by atoms with Crippen LogP contribution in [0.15, 0.2) is 24.7 Å². The first kappa shape index (κ1) is 22.3. The molecule has 0 saturated carbocycles. The molecule has 4 heterocycles. The van der Waals surface area contributed by atoms with Gasteiger partial charge in [0.2, 0.25) is 0 Å². The summed E-state index contributed by atoms with van der Waals surface area (Å²) in [4.78, 5) is 29.8. The molecule has 0 spiro atoms. The third-order valence-corrected chi connectivity index (χ3v) is 5.56. The van der Waals surface area contributed by atoms with Gasteiger partial charge >= 0.3 is 6.09 Å². The number of amides is 1. The number of carbonyl (C=O) groups excluding carboxylic acids is 1. The molecule has 0 bridgehead atoms. The van der Waals surface area contributed by atoms with E-state index in [1.165, 1.54) is 0 Å². The van der Waals surface area contributed by atoms with Gasteiger partial charge in [0.05, 0.1) is 17.8 Å². The average Bonchev–Trinajstić information content (AvgIpc) is 3.20. The van der Waals surface area contributed by atoms with Gasteiger partial charge in [-0.1, -0.05) is 25.4 Å². The zero-order chi connectivity index (χ0) is 22.7. The molecule has 2 N–H and O–H groups in total. The number of aromatic nitrogens is 4. The lowest BCUT2D eigenvalue weighted by atomic mass is 9.98. The first-order valence-corrected chi connectivity index (χ1v) is 11.1. The highest BCUT2D eigenvalue weighted by atomic mass is 35.5. The number of pyridine rings is 1. The van der Waals surface area contributed by atoms with Crippen molar-refractivity contribution < 1.29 is 13.9 Å². The molecule has 32 heavy (non-hydrogen) atoms. The Morgan fingerprint density at radius 2 is 2.25 bits per heavy atom. The van der Waals surface area contributed by atoms with Gasteiger partial charge < -0.3 is 19.9 Å². The Hall–Kier alpha value is -2.94. The average molecular weight is 461 g/mol. The van der Waals surface area contributed by atoms with Crippen molar-refractivity contribution in [2.24, 2.45) is 11.8 Å². The van der Waals surface area contributed by atoms with Gasteiger partial charge in [0.15, 0.2) is 17.5 Å². The lowest BCUT2D eigenvalue weighted by Crippen LogP contribution is -2.42. The van der Waals surface area contributed by atoms with E-state index >= 15 is 0 Å². The van der Waals surface area contributed by atoms with Crippen LogP contribution in [0.5, 0.6) is 0 Å². The van der Waals surface area contributed by atoms with Gasteiger partial charge in [-0.2, -0.15) is 0 Å². The van der Waals surface area contributed by atoms with Crippen LogP contribution in [0.2, 0.25) is 5.02 Å². The molecule has 1 aliphatic heterocycles. The highest BCUT2D eigenvalue weighted by molar-refractivity contribution is 6.31. The molecule has 0 aromatic carbocycles. The van der Waals surface area contributed by atoms with Gasteiger partial charge in [0, 0.05) is 43.0 Å². The van der Waals surface area contributed by atoms with E-state index in [1.54, 1.807) is 23.4 Å². The predicted molar refractivity (Wildman–Crippen MR) is 121 cm³/mol. The molecule has 8 nitrogen and oxygen atoms in total. The second kappa shape index (κ2) is 9.68. The van der Waals surface area contributed by atoms with Gasteiger partial charge in [-0.15, -0.1) is 0 Å². The van der Waals surface area contributed by atoms with Gasteiger partial charge in [-0.25, -0.2) is 24.1 Å². The van der Waals surface area contributed by atoms with Crippen LogP contribution >= 0.6 is 11.6 Å². The van der Waals surface area contributed by atoms with E-state index in [0.717, 1.165) is 24.4 Å². The second-order valence-corrected chi connectivity index (χ2v) is 8.88. The van der Waals surface area contributed by atoms with Crippen LogP contribution in [0, 0.1) is 17.7 Å². The van der Waals surface area contributed by atoms with Gasteiger partial charge in [0.25, 0.3) is 0 Å². The van der Waals surface area contributed by atoms with E-state index in [2.05, 4.69) is 25.3 Å². The van der Waals surface area contributed by atoms with Crippen molar-refractivity contribution in [2.75, 3.05) is 31.6 Å². The maximum absolute atomic E-state index is 14.4. The molecule has 1 saturated heterocycles. The predicted octanol–water partition coefficient (Wildman–Crippen LogP) is 4.73. The molecule has 4 rings (SSSR count). The second-order valence-electron chi connectivity index (χ2n) is 8.45. The Kier molecular flexibility index (Phi) is 6.74. The number of H-pyrrole nitrogens is 1. The Morgan fingerprint density at radius 3 is 3.06 bits per heavy atom. The Bertz CT molecular complexity index is 1110. The van der Waals surface area contributed by atoms with Crippen LogP contribution < -0.4 is 5.32 Å². The zero-order valence-corrected chi connectivity index (χ0v) is 18.8. The minimum atomic E-state index is -0.534. The molecule has 3 aromatic heterocycles. The summed E-state index contributed by atoms with van der Waals surface area (Å²) in [6, 6.07) is 1.77. The van der Waals surface area contributed by atoms with Crippen molar-refractivity contribution >= 4 is 34.5 Å².